The Labute approximate surface area is 149 Å². The van der Waals surface area contributed by atoms with Gasteiger partial charge in [0.1, 0.15) is 0 Å². The van der Waals surface area contributed by atoms with E-state index < -0.39 is 10.8 Å². The minimum absolute atomic E-state index is 0.0538. The lowest BCUT2D eigenvalue weighted by Gasteiger charge is -2.34. The number of nitrogens with zero attached hydrogens (tertiary/aromatic N) is 2. The second kappa shape index (κ2) is 5.65. The first kappa shape index (κ1) is 17.1. The minimum Gasteiger partial charge on any atom is -0.267 e. The molecule has 2 fully saturated rings. The molecule has 2 bridgehead atoms. The number of nitro groups is 1. The van der Waals surface area contributed by atoms with Crippen LogP contribution in [-0.4, -0.2) is 21.4 Å². The molecular formula is C17H20BrN3O3. The highest BCUT2D eigenvalue weighted by atomic mass is 79.9. The summed E-state index contributed by atoms with van der Waals surface area (Å²) >= 11 is 3.74. The van der Waals surface area contributed by atoms with Crippen molar-refractivity contribution in [1.29, 1.82) is 0 Å². The van der Waals surface area contributed by atoms with Crippen molar-refractivity contribution in [2.24, 2.45) is 21.8 Å². The number of rotatable bonds is 3. The molecule has 0 aliphatic heterocycles. The molecule has 2 saturated carbocycles. The summed E-state index contributed by atoms with van der Waals surface area (Å²) in [4.78, 5) is 22.8. The molecule has 1 aromatic carbocycles. The topological polar surface area (TPSA) is 84.6 Å². The van der Waals surface area contributed by atoms with Gasteiger partial charge in [-0.05, 0) is 30.2 Å². The van der Waals surface area contributed by atoms with Crippen LogP contribution in [0.4, 0.5) is 5.69 Å². The lowest BCUT2D eigenvalue weighted by molar-refractivity contribution is -0.384. The van der Waals surface area contributed by atoms with Crippen LogP contribution >= 0.6 is 15.9 Å². The Balaban J connectivity index is 1.83. The first-order chi connectivity index (χ1) is 11.2. The fourth-order valence-electron chi connectivity index (χ4n) is 4.12. The van der Waals surface area contributed by atoms with Crippen molar-refractivity contribution in [2.75, 3.05) is 0 Å². The molecule has 2 aliphatic rings. The largest absolute Gasteiger partial charge is 0.271 e. The molecule has 0 radical (unpaired) electrons. The first-order valence-electron chi connectivity index (χ1n) is 7.95. The fraction of sp³-hybridized carbons (Fsp3) is 0.529. The van der Waals surface area contributed by atoms with Crippen LogP contribution in [0.1, 0.15) is 44.0 Å². The highest BCUT2D eigenvalue weighted by molar-refractivity contribution is 9.10. The van der Waals surface area contributed by atoms with E-state index in [4.69, 9.17) is 0 Å². The number of amides is 1. The first-order valence-corrected chi connectivity index (χ1v) is 8.87. The van der Waals surface area contributed by atoms with Gasteiger partial charge in [0, 0.05) is 23.1 Å². The summed E-state index contributed by atoms with van der Waals surface area (Å²) in [5.41, 5.74) is 3.73. The van der Waals surface area contributed by atoms with E-state index in [2.05, 4.69) is 47.2 Å². The molecule has 3 atom stereocenters. The van der Waals surface area contributed by atoms with E-state index in [1.807, 2.05) is 0 Å². The van der Waals surface area contributed by atoms with E-state index in [1.165, 1.54) is 18.2 Å². The van der Waals surface area contributed by atoms with Gasteiger partial charge in [-0.25, -0.2) is 5.43 Å². The Hall–Kier alpha value is -1.76. The number of hydrogen-bond donors (Lipinski definition) is 1. The zero-order chi connectivity index (χ0) is 17.7. The molecule has 0 saturated heterocycles. The van der Waals surface area contributed by atoms with Gasteiger partial charge in [0.25, 0.3) is 11.6 Å². The molecular weight excluding hydrogens is 374 g/mol. The molecule has 0 spiro atoms. The number of hydrazone groups is 1. The Kier molecular flexibility index (Phi) is 4.02. The second-order valence-corrected chi connectivity index (χ2v) is 8.33. The van der Waals surface area contributed by atoms with Crippen molar-refractivity contribution in [1.82, 2.24) is 5.43 Å². The van der Waals surface area contributed by atoms with Gasteiger partial charge < -0.3 is 0 Å². The third-order valence-electron chi connectivity index (χ3n) is 6.08. The fourth-order valence-corrected chi connectivity index (χ4v) is 5.66. The molecule has 0 heterocycles. The highest BCUT2D eigenvalue weighted by Gasteiger charge is 2.64. The lowest BCUT2D eigenvalue weighted by atomic mass is 9.70. The Morgan fingerprint density at radius 1 is 1.42 bits per heavy atom. The van der Waals surface area contributed by atoms with Gasteiger partial charge in [0.2, 0.25) is 0 Å². The van der Waals surface area contributed by atoms with Crippen LogP contribution in [0.15, 0.2) is 29.4 Å². The predicted octanol–water partition coefficient (Wildman–Crippen LogP) is 3.90. The molecule has 1 N–H and O–H groups in total. The quantitative estimate of drug-likeness (QED) is 0.479. The molecule has 3 rings (SSSR count). The van der Waals surface area contributed by atoms with Crippen molar-refractivity contribution >= 4 is 33.2 Å². The number of nitro benzene ring substituents is 1. The molecule has 128 valence electrons. The SMILES string of the molecule is CC1(C)[C@H]2CC[C@@]1(C)/C(=N/NC(=O)c1cccc([N+](=O)[O-])c1)[C@@H]2Br. The van der Waals surface area contributed by atoms with Crippen LogP contribution in [0.25, 0.3) is 0 Å². The van der Waals surface area contributed by atoms with Crippen molar-refractivity contribution in [3.8, 4) is 0 Å². The van der Waals surface area contributed by atoms with Crippen LogP contribution in [0.3, 0.4) is 0 Å². The molecule has 24 heavy (non-hydrogen) atoms. The summed E-state index contributed by atoms with van der Waals surface area (Å²) < 4.78 is 0. The number of halogens is 1. The number of alkyl halides is 1. The molecule has 6 nitrogen and oxygen atoms in total. The number of carbonyl (C=O) groups is 1. The van der Waals surface area contributed by atoms with Crippen LogP contribution in [0, 0.1) is 26.9 Å². The van der Waals surface area contributed by atoms with E-state index >= 15 is 0 Å². The maximum Gasteiger partial charge on any atom is 0.271 e. The van der Waals surface area contributed by atoms with Gasteiger partial charge in [-0.3, -0.25) is 14.9 Å². The van der Waals surface area contributed by atoms with E-state index in [9.17, 15) is 14.9 Å². The predicted molar refractivity (Wildman–Crippen MR) is 95.3 cm³/mol. The molecule has 7 heteroatoms. The zero-order valence-electron chi connectivity index (χ0n) is 13.9. The van der Waals surface area contributed by atoms with Gasteiger partial charge >= 0.3 is 0 Å². The van der Waals surface area contributed by atoms with Crippen LogP contribution in [-0.2, 0) is 0 Å². The monoisotopic (exact) mass is 393 g/mol. The van der Waals surface area contributed by atoms with Gasteiger partial charge in [-0.2, -0.15) is 5.10 Å². The average molecular weight is 394 g/mol. The van der Waals surface area contributed by atoms with Crippen molar-refractivity contribution < 1.29 is 9.72 Å². The molecule has 1 amide bonds. The van der Waals surface area contributed by atoms with Gasteiger partial charge in [-0.1, -0.05) is 42.8 Å². The lowest BCUT2D eigenvalue weighted by Crippen LogP contribution is -2.36. The van der Waals surface area contributed by atoms with Crippen molar-refractivity contribution in [2.45, 2.75) is 38.4 Å². The van der Waals surface area contributed by atoms with Crippen molar-refractivity contribution in [3.63, 3.8) is 0 Å². The van der Waals surface area contributed by atoms with E-state index in [-0.39, 0.29) is 26.9 Å². The maximum atomic E-state index is 12.3. The molecule has 2 aliphatic carbocycles. The zero-order valence-corrected chi connectivity index (χ0v) is 15.5. The Morgan fingerprint density at radius 3 is 2.71 bits per heavy atom. The normalized spacial score (nSPS) is 32.1. The van der Waals surface area contributed by atoms with Crippen molar-refractivity contribution in [3.05, 3.63) is 39.9 Å². The van der Waals surface area contributed by atoms with Crippen LogP contribution in [0.2, 0.25) is 0 Å². The third kappa shape index (κ3) is 2.37. The number of fused-ring (bicyclic) bond motifs is 2. The second-order valence-electron chi connectivity index (χ2n) is 7.35. The Morgan fingerprint density at radius 2 is 2.12 bits per heavy atom. The van der Waals surface area contributed by atoms with Crippen LogP contribution in [0.5, 0.6) is 0 Å². The summed E-state index contributed by atoms with van der Waals surface area (Å²) in [7, 11) is 0. The summed E-state index contributed by atoms with van der Waals surface area (Å²) in [5.74, 6) is 0.0612. The van der Waals surface area contributed by atoms with E-state index in [0.29, 0.717) is 5.92 Å². The number of non-ortho nitro benzene ring substituents is 1. The summed E-state index contributed by atoms with van der Waals surface area (Å²) in [6, 6.07) is 5.65. The molecule has 0 aromatic heterocycles. The summed E-state index contributed by atoms with van der Waals surface area (Å²) in [6.07, 6.45) is 2.20. The third-order valence-corrected chi connectivity index (χ3v) is 7.15. The minimum atomic E-state index is -0.517. The van der Waals surface area contributed by atoms with Crippen LogP contribution < -0.4 is 5.43 Å². The standard InChI is InChI=1S/C17H20BrN3O3/c1-16(2)12-7-8-17(16,3)14(13(12)18)19-20-15(22)10-5-4-6-11(9-10)21(23)24/h4-6,9,12-13H,7-8H2,1-3H3,(H,20,22)/b19-14+/t12-,13+,17-/m0/s1. The van der Waals surface area contributed by atoms with Gasteiger partial charge in [0.05, 0.1) is 15.5 Å². The van der Waals surface area contributed by atoms with E-state index in [0.717, 1.165) is 18.6 Å². The summed E-state index contributed by atoms with van der Waals surface area (Å²) in [6.45, 7) is 6.71. The molecule has 1 aromatic rings. The van der Waals surface area contributed by atoms with E-state index in [1.54, 1.807) is 6.07 Å². The van der Waals surface area contributed by atoms with Gasteiger partial charge in [-0.15, -0.1) is 0 Å². The smallest absolute Gasteiger partial charge is 0.267 e. The number of nitrogens with one attached hydrogen (secondary N) is 1. The van der Waals surface area contributed by atoms with Gasteiger partial charge in [0.15, 0.2) is 0 Å². The molecule has 0 unspecified atom stereocenters. The average Bonchev–Trinajstić information content (AvgIpc) is 2.84. The number of carbonyl (C=O) groups excluding carboxylic acids is 1. The number of benzene rings is 1. The maximum absolute atomic E-state index is 12.3. The highest BCUT2D eigenvalue weighted by Crippen LogP contribution is 2.65. The Bertz CT molecular complexity index is 746. The summed E-state index contributed by atoms with van der Waals surface area (Å²) in [5, 5.41) is 15.2. The number of hydrogen-bond acceptors (Lipinski definition) is 4.